The molecule has 26 heavy (non-hydrogen) atoms. The minimum Gasteiger partial charge on any atom is -0.354 e. The van der Waals surface area contributed by atoms with Crippen LogP contribution in [0.2, 0.25) is 0 Å². The molecule has 0 saturated carbocycles. The van der Waals surface area contributed by atoms with E-state index in [4.69, 9.17) is 0 Å². The Bertz CT molecular complexity index is 1210. The van der Waals surface area contributed by atoms with Crippen LogP contribution in [0, 0.1) is 0 Å². The third-order valence-electron chi connectivity index (χ3n) is 4.62. The van der Waals surface area contributed by atoms with Crippen molar-refractivity contribution >= 4 is 21.8 Å². The monoisotopic (exact) mass is 345 g/mol. The predicted octanol–water partition coefficient (Wildman–Crippen LogP) is 3.57. The minimum atomic E-state index is -0.320. The molecule has 4 rings (SSSR count). The van der Waals surface area contributed by atoms with Crippen molar-refractivity contribution in [2.24, 2.45) is 0 Å². The lowest BCUT2D eigenvalue weighted by atomic mass is 10.1. The molecular weight excluding hydrogens is 326 g/mol. The Hall–Kier alpha value is -3.21. The van der Waals surface area contributed by atoms with Crippen LogP contribution in [0.3, 0.4) is 0 Å². The molecule has 0 amide bonds. The average molecular weight is 345 g/mol. The summed E-state index contributed by atoms with van der Waals surface area (Å²) in [5.74, 6) is 0.540. The maximum atomic E-state index is 13.3. The smallest absolute Gasteiger partial charge is 0.269 e. The maximum absolute atomic E-state index is 13.3. The van der Waals surface area contributed by atoms with E-state index in [2.05, 4.69) is 16.9 Å². The number of aromatic nitrogens is 3. The lowest BCUT2D eigenvalue weighted by Gasteiger charge is -2.14. The predicted molar refractivity (Wildman–Crippen MR) is 104 cm³/mol. The van der Waals surface area contributed by atoms with Crippen molar-refractivity contribution in [2.45, 2.75) is 26.2 Å². The zero-order chi connectivity index (χ0) is 18.1. The summed E-state index contributed by atoms with van der Waals surface area (Å²) in [6.45, 7) is 2.11. The van der Waals surface area contributed by atoms with Crippen LogP contribution in [-0.2, 0) is 6.42 Å². The summed E-state index contributed by atoms with van der Waals surface area (Å²) in [5, 5.41) is 0.695. The lowest BCUT2D eigenvalue weighted by Crippen LogP contribution is -2.27. The van der Waals surface area contributed by atoms with Gasteiger partial charge in [0.2, 0.25) is 5.43 Å². The molecule has 3 aromatic heterocycles. The van der Waals surface area contributed by atoms with Crippen LogP contribution in [0.1, 0.15) is 25.5 Å². The Morgan fingerprint density at radius 1 is 1.04 bits per heavy atom. The standard InChI is InChI=1S/C21H19N3O2/c1-2-3-8-14-13-17-19(20(25)15-9-4-5-10-16(15)23-17)21(26)24(14)18-11-6-7-12-22-18/h4-7,9-13H,2-3,8H2,1H3,(H,23,25). The van der Waals surface area contributed by atoms with Gasteiger partial charge in [0.25, 0.3) is 5.56 Å². The van der Waals surface area contributed by atoms with Gasteiger partial charge >= 0.3 is 0 Å². The van der Waals surface area contributed by atoms with Gasteiger partial charge in [-0.2, -0.15) is 0 Å². The largest absolute Gasteiger partial charge is 0.354 e. The number of nitrogens with one attached hydrogen (secondary N) is 1. The second-order valence-corrected chi connectivity index (χ2v) is 6.36. The Balaban J connectivity index is 2.13. The molecular formula is C21H19N3O2. The van der Waals surface area contributed by atoms with E-state index in [1.54, 1.807) is 29.0 Å². The Kier molecular flexibility index (Phi) is 4.13. The number of fused-ring (bicyclic) bond motifs is 2. The molecule has 4 aromatic rings. The van der Waals surface area contributed by atoms with E-state index in [1.165, 1.54) is 0 Å². The van der Waals surface area contributed by atoms with Gasteiger partial charge in [-0.25, -0.2) is 4.98 Å². The van der Waals surface area contributed by atoms with E-state index < -0.39 is 0 Å². The third kappa shape index (κ3) is 2.62. The van der Waals surface area contributed by atoms with Crippen LogP contribution >= 0.6 is 0 Å². The molecule has 1 aromatic carbocycles. The summed E-state index contributed by atoms with van der Waals surface area (Å²) < 4.78 is 1.57. The topological polar surface area (TPSA) is 67.8 Å². The highest BCUT2D eigenvalue weighted by Gasteiger charge is 2.16. The van der Waals surface area contributed by atoms with Crippen LogP contribution in [0.5, 0.6) is 0 Å². The Morgan fingerprint density at radius 3 is 2.62 bits per heavy atom. The number of para-hydroxylation sites is 1. The molecule has 0 spiro atoms. The summed E-state index contributed by atoms with van der Waals surface area (Å²) >= 11 is 0. The summed E-state index contributed by atoms with van der Waals surface area (Å²) in [5.41, 5.74) is 1.61. The van der Waals surface area contributed by atoms with Crippen LogP contribution in [0.25, 0.3) is 27.6 Å². The van der Waals surface area contributed by atoms with E-state index in [1.807, 2.05) is 30.3 Å². The fourth-order valence-corrected chi connectivity index (χ4v) is 3.33. The van der Waals surface area contributed by atoms with Gasteiger partial charge in [0.05, 0.1) is 5.52 Å². The number of hydrogen-bond donors (Lipinski definition) is 1. The molecule has 0 radical (unpaired) electrons. The average Bonchev–Trinajstić information content (AvgIpc) is 2.67. The van der Waals surface area contributed by atoms with Gasteiger partial charge in [-0.3, -0.25) is 14.2 Å². The molecule has 0 aliphatic rings. The minimum absolute atomic E-state index is 0.176. The van der Waals surface area contributed by atoms with Crippen molar-refractivity contribution in [1.29, 1.82) is 0 Å². The summed E-state index contributed by atoms with van der Waals surface area (Å²) in [7, 11) is 0. The number of nitrogens with zero attached hydrogens (tertiary/aromatic N) is 2. The molecule has 3 heterocycles. The first-order chi connectivity index (χ1) is 12.7. The zero-order valence-electron chi connectivity index (χ0n) is 14.5. The molecule has 5 nitrogen and oxygen atoms in total. The van der Waals surface area contributed by atoms with Crippen LogP contribution in [0.15, 0.2) is 64.3 Å². The second-order valence-electron chi connectivity index (χ2n) is 6.36. The first-order valence-electron chi connectivity index (χ1n) is 8.81. The van der Waals surface area contributed by atoms with Crippen molar-refractivity contribution in [3.8, 4) is 5.82 Å². The van der Waals surface area contributed by atoms with E-state index in [-0.39, 0.29) is 16.4 Å². The number of benzene rings is 1. The first kappa shape index (κ1) is 16.3. The fraction of sp³-hybridized carbons (Fsp3) is 0.190. The van der Waals surface area contributed by atoms with Gasteiger partial charge in [0.1, 0.15) is 11.2 Å². The number of pyridine rings is 3. The highest BCUT2D eigenvalue weighted by molar-refractivity contribution is 5.92. The quantitative estimate of drug-likeness (QED) is 0.575. The first-order valence-corrected chi connectivity index (χ1v) is 8.81. The van der Waals surface area contributed by atoms with E-state index in [9.17, 15) is 9.59 Å². The van der Waals surface area contributed by atoms with Crippen LogP contribution in [-0.4, -0.2) is 14.5 Å². The molecule has 0 bridgehead atoms. The van der Waals surface area contributed by atoms with Gasteiger partial charge in [0.15, 0.2) is 0 Å². The molecule has 0 unspecified atom stereocenters. The maximum Gasteiger partial charge on any atom is 0.269 e. The van der Waals surface area contributed by atoms with Crippen molar-refractivity contribution in [3.63, 3.8) is 0 Å². The fourth-order valence-electron chi connectivity index (χ4n) is 3.33. The molecule has 0 fully saturated rings. The van der Waals surface area contributed by atoms with E-state index in [0.717, 1.165) is 30.5 Å². The Labute approximate surface area is 150 Å². The number of hydrogen-bond acceptors (Lipinski definition) is 3. The normalized spacial score (nSPS) is 11.3. The SMILES string of the molecule is CCCCc1cc2[nH]c3ccccc3c(=O)c2c(=O)n1-c1ccccn1. The number of rotatable bonds is 4. The molecule has 0 saturated heterocycles. The molecule has 0 aliphatic carbocycles. The molecule has 130 valence electrons. The van der Waals surface area contributed by atoms with Crippen LogP contribution in [0.4, 0.5) is 0 Å². The van der Waals surface area contributed by atoms with Crippen molar-refractivity contribution in [1.82, 2.24) is 14.5 Å². The summed E-state index contributed by atoms with van der Waals surface area (Å²) in [6.07, 6.45) is 4.37. The highest BCUT2D eigenvalue weighted by atomic mass is 16.1. The highest BCUT2D eigenvalue weighted by Crippen LogP contribution is 2.17. The lowest BCUT2D eigenvalue weighted by molar-refractivity contribution is 0.741. The van der Waals surface area contributed by atoms with Gasteiger partial charge in [0, 0.05) is 22.8 Å². The van der Waals surface area contributed by atoms with Gasteiger partial charge in [-0.1, -0.05) is 31.5 Å². The summed E-state index contributed by atoms with van der Waals surface area (Å²) in [6, 6.07) is 14.6. The van der Waals surface area contributed by atoms with E-state index in [0.29, 0.717) is 16.7 Å². The number of aromatic amines is 1. The second kappa shape index (κ2) is 6.59. The number of unbranched alkanes of at least 4 members (excludes halogenated alkanes) is 1. The molecule has 1 N–H and O–H groups in total. The van der Waals surface area contributed by atoms with Gasteiger partial charge in [-0.05, 0) is 43.2 Å². The third-order valence-corrected chi connectivity index (χ3v) is 4.62. The number of aryl methyl sites for hydroxylation is 1. The molecule has 0 atom stereocenters. The van der Waals surface area contributed by atoms with Crippen molar-refractivity contribution < 1.29 is 0 Å². The van der Waals surface area contributed by atoms with Crippen molar-refractivity contribution in [2.75, 3.05) is 0 Å². The van der Waals surface area contributed by atoms with Crippen molar-refractivity contribution in [3.05, 3.63) is 81.0 Å². The summed E-state index contributed by atoms with van der Waals surface area (Å²) in [4.78, 5) is 33.8. The van der Waals surface area contributed by atoms with E-state index >= 15 is 0 Å². The number of H-pyrrole nitrogens is 1. The van der Waals surface area contributed by atoms with Gasteiger partial charge in [-0.15, -0.1) is 0 Å². The van der Waals surface area contributed by atoms with Crippen LogP contribution < -0.4 is 11.0 Å². The zero-order valence-corrected chi connectivity index (χ0v) is 14.5. The Morgan fingerprint density at radius 2 is 1.85 bits per heavy atom. The van der Waals surface area contributed by atoms with Gasteiger partial charge < -0.3 is 4.98 Å². The molecule has 5 heteroatoms. The molecule has 0 aliphatic heterocycles.